The SMILES string of the molecule is C/C(=N/Nc1ncc(-c2ccccc2)cn1)c1cccc([N+](=O)[O-])c1. The quantitative estimate of drug-likeness (QED) is 0.434. The Balaban J connectivity index is 1.73. The summed E-state index contributed by atoms with van der Waals surface area (Å²) in [6.45, 7) is 1.75. The average molecular weight is 333 g/mol. The van der Waals surface area contributed by atoms with Gasteiger partial charge >= 0.3 is 0 Å². The van der Waals surface area contributed by atoms with Gasteiger partial charge in [-0.3, -0.25) is 10.1 Å². The second-order valence-corrected chi connectivity index (χ2v) is 5.28. The lowest BCUT2D eigenvalue weighted by Gasteiger charge is -2.04. The number of non-ortho nitro benzene ring substituents is 1. The van der Waals surface area contributed by atoms with Crippen molar-refractivity contribution in [3.8, 4) is 11.1 Å². The molecule has 1 N–H and O–H groups in total. The molecule has 0 unspecified atom stereocenters. The summed E-state index contributed by atoms with van der Waals surface area (Å²) in [6, 6.07) is 16.1. The topological polar surface area (TPSA) is 93.3 Å². The number of hydrogen-bond acceptors (Lipinski definition) is 6. The van der Waals surface area contributed by atoms with Gasteiger partial charge < -0.3 is 0 Å². The number of benzene rings is 2. The predicted molar refractivity (Wildman–Crippen MR) is 96.4 cm³/mol. The molecule has 0 spiro atoms. The van der Waals surface area contributed by atoms with E-state index in [4.69, 9.17) is 0 Å². The van der Waals surface area contributed by atoms with Crippen LogP contribution in [0.25, 0.3) is 11.1 Å². The van der Waals surface area contributed by atoms with Gasteiger partial charge in [0.2, 0.25) is 5.95 Å². The summed E-state index contributed by atoms with van der Waals surface area (Å²) in [4.78, 5) is 18.9. The van der Waals surface area contributed by atoms with E-state index in [2.05, 4.69) is 20.5 Å². The fourth-order valence-corrected chi connectivity index (χ4v) is 2.21. The normalized spacial score (nSPS) is 11.2. The summed E-state index contributed by atoms with van der Waals surface area (Å²) < 4.78 is 0. The maximum absolute atomic E-state index is 10.8. The minimum Gasteiger partial charge on any atom is -0.258 e. The van der Waals surface area contributed by atoms with Crippen LogP contribution in [0.4, 0.5) is 11.6 Å². The number of aromatic nitrogens is 2. The van der Waals surface area contributed by atoms with Gasteiger partial charge in [-0.1, -0.05) is 42.5 Å². The first-order chi connectivity index (χ1) is 12.1. The standard InChI is InChI=1S/C18H15N5O2/c1-13(15-8-5-9-17(10-15)23(24)25)21-22-18-19-11-16(12-20-18)14-6-3-2-4-7-14/h2-12H,1H3,(H,19,20,22)/b21-13-. The lowest BCUT2D eigenvalue weighted by atomic mass is 10.1. The Kier molecular flexibility index (Phi) is 4.75. The summed E-state index contributed by atoms with van der Waals surface area (Å²) in [5.41, 5.74) is 5.98. The van der Waals surface area contributed by atoms with Crippen LogP contribution in [-0.4, -0.2) is 20.6 Å². The Morgan fingerprint density at radius 2 is 1.76 bits per heavy atom. The number of nitro benzene ring substituents is 1. The van der Waals surface area contributed by atoms with Crippen molar-refractivity contribution in [3.05, 3.63) is 82.7 Å². The number of anilines is 1. The second-order valence-electron chi connectivity index (χ2n) is 5.28. The van der Waals surface area contributed by atoms with Crippen LogP contribution in [0.1, 0.15) is 12.5 Å². The van der Waals surface area contributed by atoms with Gasteiger partial charge in [0.1, 0.15) is 0 Å². The molecule has 0 fully saturated rings. The van der Waals surface area contributed by atoms with Gasteiger partial charge in [-0.05, 0) is 12.5 Å². The fourth-order valence-electron chi connectivity index (χ4n) is 2.21. The maximum atomic E-state index is 10.8. The fraction of sp³-hybridized carbons (Fsp3) is 0.0556. The molecule has 0 amide bonds. The third-order valence-electron chi connectivity index (χ3n) is 3.56. The Morgan fingerprint density at radius 3 is 2.44 bits per heavy atom. The Labute approximate surface area is 144 Å². The van der Waals surface area contributed by atoms with Crippen LogP contribution < -0.4 is 5.43 Å². The van der Waals surface area contributed by atoms with E-state index in [0.717, 1.165) is 11.1 Å². The smallest absolute Gasteiger partial charge is 0.258 e. The highest BCUT2D eigenvalue weighted by atomic mass is 16.6. The molecule has 0 aliphatic rings. The molecule has 3 rings (SSSR count). The number of hydrogen-bond donors (Lipinski definition) is 1. The number of nitro groups is 1. The molecule has 2 aromatic carbocycles. The highest BCUT2D eigenvalue weighted by molar-refractivity contribution is 5.99. The summed E-state index contributed by atoms with van der Waals surface area (Å²) >= 11 is 0. The highest BCUT2D eigenvalue weighted by Gasteiger charge is 2.07. The molecule has 0 aliphatic carbocycles. The molecule has 7 heteroatoms. The van der Waals surface area contributed by atoms with E-state index in [1.54, 1.807) is 31.5 Å². The van der Waals surface area contributed by atoms with Crippen molar-refractivity contribution in [2.45, 2.75) is 6.92 Å². The van der Waals surface area contributed by atoms with Gasteiger partial charge in [0.05, 0.1) is 10.6 Å². The van der Waals surface area contributed by atoms with E-state index in [1.165, 1.54) is 12.1 Å². The molecule has 3 aromatic rings. The molecule has 0 bridgehead atoms. The molecule has 1 aromatic heterocycles. The third-order valence-corrected chi connectivity index (χ3v) is 3.56. The van der Waals surface area contributed by atoms with Crippen LogP contribution in [0.15, 0.2) is 72.1 Å². The third kappa shape index (κ3) is 4.03. The lowest BCUT2D eigenvalue weighted by Crippen LogP contribution is -2.02. The van der Waals surface area contributed by atoms with Crippen molar-refractivity contribution < 1.29 is 4.92 Å². The number of nitrogens with zero attached hydrogens (tertiary/aromatic N) is 4. The van der Waals surface area contributed by atoms with Crippen LogP contribution in [0.3, 0.4) is 0 Å². The van der Waals surface area contributed by atoms with E-state index < -0.39 is 4.92 Å². The summed E-state index contributed by atoms with van der Waals surface area (Å²) in [5, 5.41) is 15.0. The van der Waals surface area contributed by atoms with Crippen LogP contribution in [0, 0.1) is 10.1 Å². The average Bonchev–Trinajstić information content (AvgIpc) is 2.67. The van der Waals surface area contributed by atoms with Crippen LogP contribution >= 0.6 is 0 Å². The van der Waals surface area contributed by atoms with Crippen molar-refractivity contribution >= 4 is 17.3 Å². The number of rotatable bonds is 5. The van der Waals surface area contributed by atoms with Crippen molar-refractivity contribution in [1.29, 1.82) is 0 Å². The summed E-state index contributed by atoms with van der Waals surface area (Å²) in [6.07, 6.45) is 3.42. The summed E-state index contributed by atoms with van der Waals surface area (Å²) in [7, 11) is 0. The molecular formula is C18H15N5O2. The summed E-state index contributed by atoms with van der Waals surface area (Å²) in [5.74, 6) is 0.351. The van der Waals surface area contributed by atoms with Crippen molar-refractivity contribution in [2.75, 3.05) is 5.43 Å². The molecule has 0 saturated heterocycles. The monoisotopic (exact) mass is 333 g/mol. The first-order valence-electron chi connectivity index (χ1n) is 7.56. The van der Waals surface area contributed by atoms with E-state index in [9.17, 15) is 10.1 Å². The number of nitrogens with one attached hydrogen (secondary N) is 1. The molecule has 25 heavy (non-hydrogen) atoms. The van der Waals surface area contributed by atoms with Gasteiger partial charge in [-0.15, -0.1) is 0 Å². The van der Waals surface area contributed by atoms with E-state index in [0.29, 0.717) is 17.2 Å². The Hall–Kier alpha value is -3.61. The molecule has 124 valence electrons. The van der Waals surface area contributed by atoms with Crippen LogP contribution in [0.5, 0.6) is 0 Å². The van der Waals surface area contributed by atoms with Crippen LogP contribution in [0.2, 0.25) is 0 Å². The van der Waals surface area contributed by atoms with Crippen LogP contribution in [-0.2, 0) is 0 Å². The molecule has 0 atom stereocenters. The molecule has 1 heterocycles. The second kappa shape index (κ2) is 7.31. The van der Waals surface area contributed by atoms with E-state index in [-0.39, 0.29) is 5.69 Å². The number of hydrazone groups is 1. The predicted octanol–water partition coefficient (Wildman–Crippen LogP) is 3.89. The minimum atomic E-state index is -0.435. The van der Waals surface area contributed by atoms with Gasteiger partial charge in [0, 0.05) is 35.7 Å². The maximum Gasteiger partial charge on any atom is 0.270 e. The lowest BCUT2D eigenvalue weighted by molar-refractivity contribution is -0.384. The van der Waals surface area contributed by atoms with Gasteiger partial charge in [-0.25, -0.2) is 15.4 Å². The van der Waals surface area contributed by atoms with Crippen molar-refractivity contribution in [2.24, 2.45) is 5.10 Å². The van der Waals surface area contributed by atoms with Gasteiger partial charge in [0.25, 0.3) is 5.69 Å². The van der Waals surface area contributed by atoms with Gasteiger partial charge in [0.15, 0.2) is 0 Å². The highest BCUT2D eigenvalue weighted by Crippen LogP contribution is 2.17. The van der Waals surface area contributed by atoms with E-state index >= 15 is 0 Å². The Bertz CT molecular complexity index is 908. The molecule has 0 aliphatic heterocycles. The first kappa shape index (κ1) is 16.3. The molecule has 7 nitrogen and oxygen atoms in total. The molecular weight excluding hydrogens is 318 g/mol. The van der Waals surface area contributed by atoms with Crippen molar-refractivity contribution in [3.63, 3.8) is 0 Å². The zero-order valence-corrected chi connectivity index (χ0v) is 13.5. The molecule has 0 saturated carbocycles. The molecule has 0 radical (unpaired) electrons. The Morgan fingerprint density at radius 1 is 1.04 bits per heavy atom. The van der Waals surface area contributed by atoms with Crippen molar-refractivity contribution in [1.82, 2.24) is 9.97 Å². The van der Waals surface area contributed by atoms with Gasteiger partial charge in [-0.2, -0.15) is 5.10 Å². The van der Waals surface area contributed by atoms with E-state index in [1.807, 2.05) is 30.3 Å². The minimum absolute atomic E-state index is 0.0236. The largest absolute Gasteiger partial charge is 0.270 e. The zero-order valence-electron chi connectivity index (χ0n) is 13.5. The first-order valence-corrected chi connectivity index (χ1v) is 7.56. The zero-order chi connectivity index (χ0) is 17.6.